The van der Waals surface area contributed by atoms with Gasteiger partial charge in [0.25, 0.3) is 0 Å². The van der Waals surface area contributed by atoms with E-state index in [0.717, 1.165) is 64.2 Å². The minimum Gasteiger partial charge on any atom is -0.462 e. The van der Waals surface area contributed by atoms with Crippen LogP contribution in [0.15, 0.2) is 12.2 Å². The number of carbonyl (C=O) groups is 3. The smallest absolute Gasteiger partial charge is 0.306 e. The zero-order valence-corrected chi connectivity index (χ0v) is 38.4. The minimum atomic E-state index is -0.761. The van der Waals surface area contributed by atoms with Crippen LogP contribution in [0.4, 0.5) is 0 Å². The largest absolute Gasteiger partial charge is 0.462 e. The number of hydrogen-bond acceptors (Lipinski definition) is 6. The van der Waals surface area contributed by atoms with Crippen LogP contribution in [0, 0.1) is 0 Å². The summed E-state index contributed by atoms with van der Waals surface area (Å²) in [5.74, 6) is -0.871. The second-order valence-electron chi connectivity index (χ2n) is 17.1. The Hall–Kier alpha value is -1.85. The number of esters is 3. The molecule has 0 fully saturated rings. The highest BCUT2D eigenvalue weighted by molar-refractivity contribution is 5.71. The summed E-state index contributed by atoms with van der Waals surface area (Å²) in [5.41, 5.74) is 0. The number of rotatable bonds is 46. The standard InChI is InChI=1S/C51H96O6/c1-4-7-10-13-15-17-19-21-22-23-24-25-26-27-28-30-31-33-35-38-41-44-50(53)56-47-48(46-55-49(52)43-40-37-12-9-6-3)57-51(54)45-42-39-36-34-32-29-20-18-16-14-11-8-5-2/h23-24,48H,4-22,25-47H2,1-3H3/b24-23-. The highest BCUT2D eigenvalue weighted by Gasteiger charge is 2.19. The molecule has 0 amide bonds. The zero-order chi connectivity index (χ0) is 41.5. The van der Waals surface area contributed by atoms with Crippen LogP contribution in [0.25, 0.3) is 0 Å². The van der Waals surface area contributed by atoms with Crippen LogP contribution in [-0.4, -0.2) is 37.2 Å². The summed E-state index contributed by atoms with van der Waals surface area (Å²) in [7, 11) is 0. The number of carbonyl (C=O) groups excluding carboxylic acids is 3. The highest BCUT2D eigenvalue weighted by Crippen LogP contribution is 2.16. The quantitative estimate of drug-likeness (QED) is 0.0264. The van der Waals surface area contributed by atoms with Crippen molar-refractivity contribution in [3.63, 3.8) is 0 Å². The third-order valence-corrected chi connectivity index (χ3v) is 11.3. The fourth-order valence-electron chi connectivity index (χ4n) is 7.44. The van der Waals surface area contributed by atoms with Gasteiger partial charge in [-0.05, 0) is 44.9 Å². The third-order valence-electron chi connectivity index (χ3n) is 11.3. The van der Waals surface area contributed by atoms with Gasteiger partial charge in [0.15, 0.2) is 6.10 Å². The first-order chi connectivity index (χ1) is 28.0. The first-order valence-corrected chi connectivity index (χ1v) is 25.2. The summed E-state index contributed by atoms with van der Waals surface area (Å²) in [6.45, 7) is 6.58. The molecule has 1 unspecified atom stereocenters. The van der Waals surface area contributed by atoms with E-state index in [0.29, 0.717) is 19.3 Å². The van der Waals surface area contributed by atoms with E-state index in [1.807, 2.05) is 0 Å². The molecule has 0 bridgehead atoms. The van der Waals surface area contributed by atoms with E-state index < -0.39 is 6.10 Å². The molecule has 6 nitrogen and oxygen atoms in total. The van der Waals surface area contributed by atoms with Gasteiger partial charge in [-0.25, -0.2) is 0 Å². The second-order valence-corrected chi connectivity index (χ2v) is 17.1. The van der Waals surface area contributed by atoms with Crippen molar-refractivity contribution in [3.05, 3.63) is 12.2 Å². The molecule has 0 aromatic heterocycles. The van der Waals surface area contributed by atoms with Crippen LogP contribution >= 0.6 is 0 Å². The lowest BCUT2D eigenvalue weighted by molar-refractivity contribution is -0.167. The van der Waals surface area contributed by atoms with Gasteiger partial charge in [-0.1, -0.05) is 226 Å². The lowest BCUT2D eigenvalue weighted by Gasteiger charge is -2.18. The molecule has 1 atom stereocenters. The Morgan fingerprint density at radius 2 is 0.579 bits per heavy atom. The average Bonchev–Trinajstić information content (AvgIpc) is 3.21. The summed E-state index contributed by atoms with van der Waals surface area (Å²) in [6.07, 6.45) is 50.9. The van der Waals surface area contributed by atoms with E-state index >= 15 is 0 Å². The Morgan fingerprint density at radius 1 is 0.333 bits per heavy atom. The Morgan fingerprint density at radius 3 is 0.877 bits per heavy atom. The van der Waals surface area contributed by atoms with Gasteiger partial charge in [0, 0.05) is 19.3 Å². The van der Waals surface area contributed by atoms with Crippen LogP contribution in [0.5, 0.6) is 0 Å². The van der Waals surface area contributed by atoms with Gasteiger partial charge in [-0.2, -0.15) is 0 Å². The average molecular weight is 805 g/mol. The fourth-order valence-corrected chi connectivity index (χ4v) is 7.44. The Labute approximate surface area is 354 Å². The summed E-state index contributed by atoms with van der Waals surface area (Å²) in [6, 6.07) is 0. The predicted molar refractivity (Wildman–Crippen MR) is 243 cm³/mol. The first-order valence-electron chi connectivity index (χ1n) is 25.2. The van der Waals surface area contributed by atoms with E-state index in [-0.39, 0.29) is 31.1 Å². The van der Waals surface area contributed by atoms with E-state index in [2.05, 4.69) is 32.9 Å². The molecular weight excluding hydrogens is 709 g/mol. The maximum Gasteiger partial charge on any atom is 0.306 e. The molecule has 0 aromatic carbocycles. The van der Waals surface area contributed by atoms with Crippen LogP contribution in [-0.2, 0) is 28.6 Å². The third kappa shape index (κ3) is 45.1. The normalized spacial score (nSPS) is 12.0. The lowest BCUT2D eigenvalue weighted by Crippen LogP contribution is -2.30. The van der Waals surface area contributed by atoms with Gasteiger partial charge in [0.05, 0.1) is 0 Å². The monoisotopic (exact) mass is 805 g/mol. The molecular formula is C51H96O6. The highest BCUT2D eigenvalue weighted by atomic mass is 16.6. The van der Waals surface area contributed by atoms with Gasteiger partial charge < -0.3 is 14.2 Å². The fraction of sp³-hybridized carbons (Fsp3) is 0.902. The summed E-state index contributed by atoms with van der Waals surface area (Å²) >= 11 is 0. The molecule has 0 rings (SSSR count). The zero-order valence-electron chi connectivity index (χ0n) is 38.4. The first kappa shape index (κ1) is 55.2. The van der Waals surface area contributed by atoms with Gasteiger partial charge in [0.1, 0.15) is 13.2 Å². The molecule has 0 aromatic rings. The molecule has 336 valence electrons. The van der Waals surface area contributed by atoms with E-state index in [1.165, 1.54) is 173 Å². The molecule has 0 aliphatic heterocycles. The van der Waals surface area contributed by atoms with E-state index in [9.17, 15) is 14.4 Å². The molecule has 0 heterocycles. The van der Waals surface area contributed by atoms with Crippen molar-refractivity contribution >= 4 is 17.9 Å². The molecule has 0 N–H and O–H groups in total. The number of allylic oxidation sites excluding steroid dienone is 2. The molecule has 57 heavy (non-hydrogen) atoms. The molecule has 0 saturated carbocycles. The molecule has 0 saturated heterocycles. The van der Waals surface area contributed by atoms with Gasteiger partial charge in [0.2, 0.25) is 0 Å². The number of unbranched alkanes of at least 4 members (excludes halogenated alkanes) is 33. The maximum atomic E-state index is 12.7. The van der Waals surface area contributed by atoms with Gasteiger partial charge in [-0.15, -0.1) is 0 Å². The second kappa shape index (κ2) is 46.8. The predicted octanol–water partition coefficient (Wildman–Crippen LogP) is 16.2. The molecule has 0 aliphatic carbocycles. The Bertz CT molecular complexity index is 885. The van der Waals surface area contributed by atoms with E-state index in [1.54, 1.807) is 0 Å². The van der Waals surface area contributed by atoms with Gasteiger partial charge >= 0.3 is 17.9 Å². The van der Waals surface area contributed by atoms with Crippen molar-refractivity contribution < 1.29 is 28.6 Å². The molecule has 0 spiro atoms. The maximum absolute atomic E-state index is 12.7. The van der Waals surface area contributed by atoms with Gasteiger partial charge in [-0.3, -0.25) is 14.4 Å². The Kier molecular flexibility index (Phi) is 45.3. The van der Waals surface area contributed by atoms with Crippen molar-refractivity contribution in [2.24, 2.45) is 0 Å². The van der Waals surface area contributed by atoms with Crippen molar-refractivity contribution in [1.29, 1.82) is 0 Å². The van der Waals surface area contributed by atoms with E-state index in [4.69, 9.17) is 14.2 Å². The van der Waals surface area contributed by atoms with Crippen LogP contribution in [0.1, 0.15) is 278 Å². The summed E-state index contributed by atoms with van der Waals surface area (Å²) in [4.78, 5) is 37.6. The van der Waals surface area contributed by atoms with Crippen molar-refractivity contribution in [2.45, 2.75) is 284 Å². The number of ether oxygens (including phenoxy) is 3. The summed E-state index contributed by atoms with van der Waals surface area (Å²) < 4.78 is 16.6. The topological polar surface area (TPSA) is 78.9 Å². The SMILES string of the molecule is CCCCCCCCCC/C=C\CCCCCCCCCCCC(=O)OCC(COC(=O)CCCCCCC)OC(=O)CCCCCCCCCCCCCCC. The molecule has 0 radical (unpaired) electrons. The Balaban J connectivity index is 4.09. The van der Waals surface area contributed by atoms with Crippen LogP contribution in [0.3, 0.4) is 0 Å². The molecule has 0 aliphatic rings. The van der Waals surface area contributed by atoms with Crippen LogP contribution in [0.2, 0.25) is 0 Å². The molecule has 6 heteroatoms. The van der Waals surface area contributed by atoms with Crippen molar-refractivity contribution in [1.82, 2.24) is 0 Å². The van der Waals surface area contributed by atoms with Crippen LogP contribution < -0.4 is 0 Å². The number of hydrogen-bond donors (Lipinski definition) is 0. The minimum absolute atomic E-state index is 0.0675. The summed E-state index contributed by atoms with van der Waals surface area (Å²) in [5, 5.41) is 0. The lowest BCUT2D eigenvalue weighted by atomic mass is 10.0. The van der Waals surface area contributed by atoms with Crippen molar-refractivity contribution in [3.8, 4) is 0 Å². The van der Waals surface area contributed by atoms with Crippen molar-refractivity contribution in [2.75, 3.05) is 13.2 Å².